The number of hydrogen-bond donors (Lipinski definition) is 1. The van der Waals surface area contributed by atoms with Crippen molar-refractivity contribution in [3.05, 3.63) is 35.9 Å². The molecule has 0 radical (unpaired) electrons. The number of rotatable bonds is 14. The van der Waals surface area contributed by atoms with E-state index in [1.165, 1.54) is 6.92 Å². The van der Waals surface area contributed by atoms with Crippen molar-refractivity contribution in [2.24, 2.45) is 5.41 Å². The highest BCUT2D eigenvalue weighted by Gasteiger charge is 2.41. The molecule has 38 heavy (non-hydrogen) atoms. The SMILES string of the molecule is CCCCC(CC(=O)c1ccccc1)P(=O)(OCOC(=O)C(C)(C)C)OC(C)C(=O)OC(=O)[C@@H]1CCCN1. The van der Waals surface area contributed by atoms with Crippen molar-refractivity contribution in [2.45, 2.75) is 90.9 Å². The van der Waals surface area contributed by atoms with Crippen LogP contribution in [0.5, 0.6) is 0 Å². The third-order valence-corrected chi connectivity index (χ3v) is 8.48. The fraction of sp³-hybridized carbons (Fsp3) is 0.630. The smallest absolute Gasteiger partial charge is 0.343 e. The molecular formula is C27H40NO9P. The molecule has 10 nitrogen and oxygen atoms in total. The third kappa shape index (κ3) is 9.73. The predicted molar refractivity (Wildman–Crippen MR) is 140 cm³/mol. The molecule has 0 bridgehead atoms. The van der Waals surface area contributed by atoms with E-state index < -0.39 is 55.5 Å². The van der Waals surface area contributed by atoms with Crippen LogP contribution in [0.25, 0.3) is 0 Å². The number of ketones is 1. The number of carbonyl (C=O) groups is 4. The lowest BCUT2D eigenvalue weighted by Gasteiger charge is -2.29. The molecule has 0 spiro atoms. The van der Waals surface area contributed by atoms with Crippen molar-refractivity contribution in [3.63, 3.8) is 0 Å². The van der Waals surface area contributed by atoms with Crippen LogP contribution in [0.1, 0.15) is 83.5 Å². The first-order chi connectivity index (χ1) is 17.9. The lowest BCUT2D eigenvalue weighted by atomic mass is 9.98. The highest BCUT2D eigenvalue weighted by atomic mass is 31.2. The number of Topliss-reactive ketones (excluding diaryl/α,β-unsaturated/α-hetero) is 1. The van der Waals surface area contributed by atoms with Gasteiger partial charge in [0.15, 0.2) is 11.9 Å². The van der Waals surface area contributed by atoms with E-state index >= 15 is 0 Å². The number of esters is 3. The highest BCUT2D eigenvalue weighted by Crippen LogP contribution is 2.57. The van der Waals surface area contributed by atoms with Gasteiger partial charge >= 0.3 is 25.5 Å². The Hall–Kier alpha value is -2.39. The quantitative estimate of drug-likeness (QED) is 0.113. The van der Waals surface area contributed by atoms with Gasteiger partial charge in [0.25, 0.3) is 0 Å². The largest absolute Gasteiger partial charge is 0.438 e. The van der Waals surface area contributed by atoms with Crippen LogP contribution >= 0.6 is 7.60 Å². The maximum absolute atomic E-state index is 14.2. The van der Waals surface area contributed by atoms with Crippen LogP contribution in [0.3, 0.4) is 0 Å². The second kappa shape index (κ2) is 14.7. The molecule has 1 aromatic carbocycles. The van der Waals surface area contributed by atoms with Crippen LogP contribution in [0.15, 0.2) is 30.3 Å². The molecule has 1 saturated heterocycles. The Balaban J connectivity index is 2.24. The number of unbranched alkanes of at least 4 members (excludes halogenated alkanes) is 1. The maximum atomic E-state index is 14.2. The van der Waals surface area contributed by atoms with E-state index in [9.17, 15) is 23.7 Å². The fourth-order valence-electron chi connectivity index (χ4n) is 3.76. The van der Waals surface area contributed by atoms with Gasteiger partial charge in [0, 0.05) is 12.0 Å². The summed E-state index contributed by atoms with van der Waals surface area (Å²) in [6, 6.07) is 7.94. The summed E-state index contributed by atoms with van der Waals surface area (Å²) in [6.45, 7) is 8.15. The summed E-state index contributed by atoms with van der Waals surface area (Å²) < 4.78 is 35.5. The van der Waals surface area contributed by atoms with Gasteiger partial charge in [-0.1, -0.05) is 50.1 Å². The van der Waals surface area contributed by atoms with Gasteiger partial charge in [-0.3, -0.25) is 23.2 Å². The molecule has 1 aromatic rings. The van der Waals surface area contributed by atoms with Crippen molar-refractivity contribution >= 4 is 31.3 Å². The molecule has 0 aliphatic carbocycles. The monoisotopic (exact) mass is 553 g/mol. The minimum absolute atomic E-state index is 0.179. The summed E-state index contributed by atoms with van der Waals surface area (Å²) in [5.41, 5.74) is -1.32. The molecule has 11 heteroatoms. The molecule has 1 aliphatic rings. The molecule has 0 amide bonds. The summed E-state index contributed by atoms with van der Waals surface area (Å²) in [4.78, 5) is 50.2. The lowest BCUT2D eigenvalue weighted by molar-refractivity contribution is -0.167. The standard InChI is InChI=1S/C27H40NO9P/c1-6-7-14-21(17-23(29)20-12-9-8-10-13-20)38(33,35-18-34-26(32)27(3,4)5)37-19(2)24(30)36-25(31)22-15-11-16-28-22/h8-10,12-13,19,21-22,28H,6-7,11,14-18H2,1-5H3/t19?,21?,22-,38?/m0/s1. The zero-order chi connectivity index (χ0) is 28.3. The molecule has 0 aromatic heterocycles. The van der Waals surface area contributed by atoms with Crippen LogP contribution in [0, 0.1) is 5.41 Å². The molecule has 1 aliphatic heterocycles. The van der Waals surface area contributed by atoms with Gasteiger partial charge in [-0.2, -0.15) is 0 Å². The summed E-state index contributed by atoms with van der Waals surface area (Å²) in [7, 11) is -4.25. The minimum atomic E-state index is -4.25. The molecule has 3 unspecified atom stereocenters. The van der Waals surface area contributed by atoms with Crippen molar-refractivity contribution in [1.82, 2.24) is 5.32 Å². The Kier molecular flexibility index (Phi) is 12.3. The van der Waals surface area contributed by atoms with Crippen molar-refractivity contribution in [2.75, 3.05) is 13.3 Å². The molecule has 1 heterocycles. The fourth-order valence-corrected chi connectivity index (χ4v) is 5.82. The number of benzene rings is 1. The van der Waals surface area contributed by atoms with Crippen LogP contribution in [0.2, 0.25) is 0 Å². The Morgan fingerprint density at radius 2 is 1.82 bits per heavy atom. The number of nitrogens with one attached hydrogen (secondary N) is 1. The van der Waals surface area contributed by atoms with Crippen molar-refractivity contribution < 1.29 is 42.3 Å². The van der Waals surface area contributed by atoms with Crippen LogP contribution in [-0.2, 0) is 37.5 Å². The Labute approximate surface area is 224 Å². The van der Waals surface area contributed by atoms with Gasteiger partial charge in [0.05, 0.1) is 11.1 Å². The van der Waals surface area contributed by atoms with Gasteiger partial charge < -0.3 is 14.8 Å². The van der Waals surface area contributed by atoms with Crippen LogP contribution in [-0.4, -0.2) is 54.8 Å². The van der Waals surface area contributed by atoms with E-state index in [0.717, 1.165) is 12.8 Å². The Bertz CT molecular complexity index is 1000. The zero-order valence-corrected chi connectivity index (χ0v) is 23.8. The second-order valence-corrected chi connectivity index (χ2v) is 12.7. The third-order valence-electron chi connectivity index (χ3n) is 6.07. The minimum Gasteiger partial charge on any atom is -0.438 e. The van der Waals surface area contributed by atoms with Crippen LogP contribution in [0.4, 0.5) is 0 Å². The molecule has 0 saturated carbocycles. The van der Waals surface area contributed by atoms with Crippen molar-refractivity contribution in [3.8, 4) is 0 Å². The van der Waals surface area contributed by atoms with E-state index in [1.807, 2.05) is 6.92 Å². The van der Waals surface area contributed by atoms with E-state index in [2.05, 4.69) is 5.32 Å². The highest BCUT2D eigenvalue weighted by molar-refractivity contribution is 7.54. The molecule has 1 N–H and O–H groups in total. The zero-order valence-electron chi connectivity index (χ0n) is 22.9. The van der Waals surface area contributed by atoms with Crippen LogP contribution < -0.4 is 5.32 Å². The average molecular weight is 554 g/mol. The molecular weight excluding hydrogens is 513 g/mol. The van der Waals surface area contributed by atoms with Crippen molar-refractivity contribution in [1.29, 1.82) is 0 Å². The molecule has 1 fully saturated rings. The normalized spacial score (nSPS) is 18.7. The van der Waals surface area contributed by atoms with E-state index in [1.54, 1.807) is 51.1 Å². The van der Waals surface area contributed by atoms with Gasteiger partial charge in [0.1, 0.15) is 6.04 Å². The lowest BCUT2D eigenvalue weighted by Crippen LogP contribution is -2.36. The first-order valence-corrected chi connectivity index (χ1v) is 14.7. The number of ether oxygens (including phenoxy) is 2. The Morgan fingerprint density at radius 3 is 2.39 bits per heavy atom. The van der Waals surface area contributed by atoms with E-state index in [-0.39, 0.29) is 12.2 Å². The molecule has 212 valence electrons. The Morgan fingerprint density at radius 1 is 1.13 bits per heavy atom. The number of carbonyl (C=O) groups excluding carboxylic acids is 4. The first-order valence-electron chi connectivity index (χ1n) is 13.0. The summed E-state index contributed by atoms with van der Waals surface area (Å²) in [5, 5.41) is 2.95. The van der Waals surface area contributed by atoms with Gasteiger partial charge in [-0.05, 0) is 53.5 Å². The van der Waals surface area contributed by atoms with Gasteiger partial charge in [-0.25, -0.2) is 9.59 Å². The molecule has 4 atom stereocenters. The topological polar surface area (TPSA) is 134 Å². The summed E-state index contributed by atoms with van der Waals surface area (Å²) in [6.07, 6.45) is 1.35. The van der Waals surface area contributed by atoms with E-state index in [4.69, 9.17) is 18.5 Å². The molecule has 2 rings (SSSR count). The average Bonchev–Trinajstić information content (AvgIpc) is 3.41. The van der Waals surface area contributed by atoms with Gasteiger partial charge in [0.2, 0.25) is 6.79 Å². The second-order valence-electron chi connectivity index (χ2n) is 10.4. The first kappa shape index (κ1) is 31.8. The maximum Gasteiger partial charge on any atom is 0.343 e. The van der Waals surface area contributed by atoms with E-state index in [0.29, 0.717) is 31.4 Å². The predicted octanol–water partition coefficient (Wildman–Crippen LogP) is 4.80. The van der Waals surface area contributed by atoms with Gasteiger partial charge in [-0.15, -0.1) is 0 Å². The summed E-state index contributed by atoms with van der Waals surface area (Å²) in [5.74, 6) is -2.62. The summed E-state index contributed by atoms with van der Waals surface area (Å²) >= 11 is 0. The number of hydrogen-bond acceptors (Lipinski definition) is 10.